The zero-order chi connectivity index (χ0) is 25.6. The predicted octanol–water partition coefficient (Wildman–Crippen LogP) is 4.41. The second-order valence-electron chi connectivity index (χ2n) is 9.41. The number of carbonyl (C=O) groups is 2. The summed E-state index contributed by atoms with van der Waals surface area (Å²) in [6, 6.07) is 14.1. The van der Waals surface area contributed by atoms with Crippen LogP contribution in [0.4, 0.5) is 4.79 Å². The number of esters is 1. The summed E-state index contributed by atoms with van der Waals surface area (Å²) in [5.74, 6) is 0.278. The molecule has 8 nitrogen and oxygen atoms in total. The van der Waals surface area contributed by atoms with Gasteiger partial charge in [-0.3, -0.25) is 0 Å². The molecule has 0 N–H and O–H groups in total. The topological polar surface area (TPSA) is 91.4 Å². The van der Waals surface area contributed by atoms with E-state index in [1.54, 1.807) is 48.4 Å². The molecule has 2 unspecified atom stereocenters. The van der Waals surface area contributed by atoms with E-state index in [0.717, 1.165) is 18.4 Å². The van der Waals surface area contributed by atoms with Gasteiger partial charge in [0.05, 0.1) is 43.7 Å². The largest absolute Gasteiger partial charge is 0.593 e. The summed E-state index contributed by atoms with van der Waals surface area (Å²) in [5.41, 5.74) is 0.763. The van der Waals surface area contributed by atoms with E-state index in [-0.39, 0.29) is 12.1 Å². The molecule has 1 aliphatic heterocycles. The van der Waals surface area contributed by atoms with Gasteiger partial charge in [-0.1, -0.05) is 12.1 Å². The number of ether oxygens (including phenoxy) is 3. The summed E-state index contributed by atoms with van der Waals surface area (Å²) in [6.07, 6.45) is 1.21. The summed E-state index contributed by atoms with van der Waals surface area (Å²) in [5, 5.41) is 0. The molecule has 1 fully saturated rings. The summed E-state index contributed by atoms with van der Waals surface area (Å²) in [7, 11) is 2.93. The minimum Gasteiger partial charge on any atom is -0.593 e. The number of carbonyl (C=O) groups excluding carboxylic acids is 2. The first-order valence-electron chi connectivity index (χ1n) is 11.6. The van der Waals surface area contributed by atoms with Crippen LogP contribution in [0.15, 0.2) is 53.4 Å². The van der Waals surface area contributed by atoms with Crippen LogP contribution in [0.2, 0.25) is 0 Å². The van der Waals surface area contributed by atoms with Crippen LogP contribution < -0.4 is 4.74 Å². The quantitative estimate of drug-likeness (QED) is 0.409. The van der Waals surface area contributed by atoms with Crippen LogP contribution in [0.3, 0.4) is 0 Å². The highest BCUT2D eigenvalue weighted by Crippen LogP contribution is 2.28. The average molecular weight is 503 g/mol. The van der Waals surface area contributed by atoms with Crippen molar-refractivity contribution in [3.8, 4) is 5.75 Å². The van der Waals surface area contributed by atoms with Crippen LogP contribution in [0.5, 0.6) is 5.75 Å². The number of methoxy groups -OCH3 is 2. The highest BCUT2D eigenvalue weighted by molar-refractivity contribution is 7.89. The Labute approximate surface area is 210 Å². The second-order valence-corrected chi connectivity index (χ2v) is 10.8. The van der Waals surface area contributed by atoms with E-state index >= 15 is 0 Å². The van der Waals surface area contributed by atoms with Gasteiger partial charge in [0.15, 0.2) is 4.90 Å². The van der Waals surface area contributed by atoms with Crippen molar-refractivity contribution in [3.63, 3.8) is 0 Å². The number of benzene rings is 2. The zero-order valence-electron chi connectivity index (χ0n) is 21.0. The molecule has 1 aliphatic rings. The highest BCUT2D eigenvalue weighted by atomic mass is 32.2. The number of piperidine rings is 1. The predicted molar refractivity (Wildman–Crippen MR) is 134 cm³/mol. The van der Waals surface area contributed by atoms with Crippen molar-refractivity contribution in [1.82, 2.24) is 9.21 Å². The van der Waals surface area contributed by atoms with Gasteiger partial charge in [-0.2, -0.15) is 0 Å². The molecule has 0 saturated carbocycles. The minimum absolute atomic E-state index is 0.139. The molecule has 0 radical (unpaired) electrons. The van der Waals surface area contributed by atoms with Crippen LogP contribution in [-0.4, -0.2) is 64.8 Å². The Morgan fingerprint density at radius 3 is 2.31 bits per heavy atom. The van der Waals surface area contributed by atoms with Gasteiger partial charge in [-0.15, -0.1) is 4.31 Å². The maximum Gasteiger partial charge on any atom is 0.410 e. The molecule has 2 aromatic carbocycles. The average Bonchev–Trinajstić information content (AvgIpc) is 2.86. The van der Waals surface area contributed by atoms with Gasteiger partial charge in [0, 0.05) is 13.1 Å². The molecule has 1 saturated heterocycles. The third-order valence-corrected chi connectivity index (χ3v) is 7.17. The fourth-order valence-corrected chi connectivity index (χ4v) is 5.23. The van der Waals surface area contributed by atoms with E-state index in [1.165, 1.54) is 7.11 Å². The van der Waals surface area contributed by atoms with Crippen molar-refractivity contribution < 1.29 is 28.4 Å². The Morgan fingerprint density at radius 2 is 1.74 bits per heavy atom. The smallest absolute Gasteiger partial charge is 0.410 e. The fraction of sp³-hybridized carbons (Fsp3) is 0.462. The molecule has 3 rings (SSSR count). The lowest BCUT2D eigenvalue weighted by Gasteiger charge is -2.38. The fourth-order valence-electron chi connectivity index (χ4n) is 3.88. The molecule has 2 aromatic rings. The van der Waals surface area contributed by atoms with Gasteiger partial charge in [-0.05, 0) is 75.6 Å². The van der Waals surface area contributed by atoms with E-state index in [2.05, 4.69) is 0 Å². The van der Waals surface area contributed by atoms with Crippen molar-refractivity contribution >= 4 is 23.4 Å². The molecule has 1 amide bonds. The van der Waals surface area contributed by atoms with Crippen LogP contribution in [0.25, 0.3) is 0 Å². The van der Waals surface area contributed by atoms with E-state index in [4.69, 9.17) is 14.2 Å². The van der Waals surface area contributed by atoms with Gasteiger partial charge in [-0.25, -0.2) is 9.59 Å². The SMILES string of the molecule is COC(=O)c1ccc(CN(C2CCCN(C(=O)OC(C)(C)C)C2)[S+]([O-])c2ccc(OC)cc2)cc1. The molecule has 2 atom stereocenters. The lowest BCUT2D eigenvalue weighted by Crippen LogP contribution is -2.52. The Bertz CT molecular complexity index is 990. The normalized spacial score (nSPS) is 17.1. The maximum absolute atomic E-state index is 13.8. The lowest BCUT2D eigenvalue weighted by molar-refractivity contribution is 0.0152. The molecule has 9 heteroatoms. The van der Waals surface area contributed by atoms with Gasteiger partial charge in [0.1, 0.15) is 11.4 Å². The Kier molecular flexibility index (Phi) is 9.04. The van der Waals surface area contributed by atoms with Gasteiger partial charge < -0.3 is 23.7 Å². The Morgan fingerprint density at radius 1 is 1.09 bits per heavy atom. The van der Waals surface area contributed by atoms with Crippen molar-refractivity contribution in [2.24, 2.45) is 0 Å². The van der Waals surface area contributed by atoms with E-state index in [9.17, 15) is 14.1 Å². The molecule has 0 bridgehead atoms. The molecule has 1 heterocycles. The minimum atomic E-state index is -1.49. The first-order valence-corrected chi connectivity index (χ1v) is 12.7. The summed E-state index contributed by atoms with van der Waals surface area (Å²) < 4.78 is 31.3. The molecule has 0 aliphatic carbocycles. The molecule has 0 aromatic heterocycles. The standard InChI is InChI=1S/C26H34N2O6S/c1-26(2,3)34-25(30)27-16-6-7-21(18-27)28(35(31)23-14-12-22(32-4)13-15-23)17-19-8-10-20(11-9-19)24(29)33-5/h8-15,21H,6-7,16-18H2,1-5H3. The second kappa shape index (κ2) is 11.8. The third kappa shape index (κ3) is 7.37. The van der Waals surface area contributed by atoms with E-state index < -0.39 is 22.9 Å². The van der Waals surface area contributed by atoms with Crippen molar-refractivity contribution in [3.05, 3.63) is 59.7 Å². The summed E-state index contributed by atoms with van der Waals surface area (Å²) in [4.78, 5) is 26.9. The Balaban J connectivity index is 1.85. The number of likely N-dealkylation sites (tertiary alicyclic amines) is 1. The number of rotatable bonds is 7. The first kappa shape index (κ1) is 26.8. The van der Waals surface area contributed by atoms with Crippen molar-refractivity contribution in [2.75, 3.05) is 27.3 Å². The maximum atomic E-state index is 13.8. The molecule has 0 spiro atoms. The molecular formula is C26H34N2O6S. The molecule has 190 valence electrons. The number of amides is 1. The Hall–Kier alpha value is -2.75. The van der Waals surface area contributed by atoms with Crippen LogP contribution >= 0.6 is 0 Å². The van der Waals surface area contributed by atoms with Crippen molar-refractivity contribution in [1.29, 1.82) is 0 Å². The van der Waals surface area contributed by atoms with Crippen molar-refractivity contribution in [2.45, 2.75) is 56.7 Å². The van der Waals surface area contributed by atoms with Crippen LogP contribution in [0.1, 0.15) is 49.5 Å². The van der Waals surface area contributed by atoms with E-state index in [0.29, 0.717) is 35.8 Å². The summed E-state index contributed by atoms with van der Waals surface area (Å²) in [6.45, 7) is 6.92. The van der Waals surface area contributed by atoms with Crippen LogP contribution in [0, 0.1) is 0 Å². The number of nitrogens with zero attached hydrogens (tertiary/aromatic N) is 2. The van der Waals surface area contributed by atoms with E-state index in [1.807, 2.05) is 37.2 Å². The monoisotopic (exact) mass is 502 g/mol. The van der Waals surface area contributed by atoms with Crippen LogP contribution in [-0.2, 0) is 27.4 Å². The lowest BCUT2D eigenvalue weighted by atomic mass is 10.1. The number of hydrogen-bond donors (Lipinski definition) is 0. The highest BCUT2D eigenvalue weighted by Gasteiger charge is 2.36. The zero-order valence-corrected chi connectivity index (χ0v) is 21.8. The van der Waals surface area contributed by atoms with Gasteiger partial charge in [0.25, 0.3) is 0 Å². The third-order valence-electron chi connectivity index (χ3n) is 5.64. The molecule has 35 heavy (non-hydrogen) atoms. The first-order chi connectivity index (χ1) is 16.6. The van der Waals surface area contributed by atoms with Gasteiger partial charge in [0.2, 0.25) is 0 Å². The summed E-state index contributed by atoms with van der Waals surface area (Å²) >= 11 is -1.49. The number of hydrogen-bond acceptors (Lipinski definition) is 7. The van der Waals surface area contributed by atoms with Gasteiger partial charge >= 0.3 is 12.1 Å². The molecular weight excluding hydrogens is 468 g/mol.